The molecule has 0 saturated carbocycles. The van der Waals surface area contributed by atoms with E-state index in [0.717, 1.165) is 117 Å². The van der Waals surface area contributed by atoms with E-state index < -0.39 is 0 Å². The summed E-state index contributed by atoms with van der Waals surface area (Å²) in [6.07, 6.45) is 0. The second-order valence-corrected chi connectivity index (χ2v) is 38.5. The van der Waals surface area contributed by atoms with Gasteiger partial charge in [-0.15, -0.1) is 11.3 Å². The van der Waals surface area contributed by atoms with E-state index >= 15 is 0 Å². The van der Waals surface area contributed by atoms with Crippen LogP contribution in [-0.4, -0.2) is 39.0 Å². The average molecular weight is 1850 g/mol. The van der Waals surface area contributed by atoms with Gasteiger partial charge in [0.1, 0.15) is 0 Å². The smallest absolute Gasteiger partial charge is 0.235 e. The predicted octanol–water partition coefficient (Wildman–Crippen LogP) is 35.7. The number of hydrogen-bond donors (Lipinski definition) is 0. The standard InChI is InChI=1S/2C46H28N4.C40H23N3S/c1-2-17-32(18-3-1)49-39-24-9-7-20-35(39)44-36(22-12-26-41(44)49)45-34-19-6-8-23-38(34)47-46(48-45)50-40-25-11-16-29-15-10-21-33(43(29)40)37-27-30-13-4-5-14-31(30)28-42(37)50;1-2-16-33(17-3-1)49-40-22-9-7-18-34(40)37-27-32(24-25-41(37)49)45-36-19-6-8-21-39(36)47-46(48-45)50-42-23-11-15-29-14-10-20-35(44(29)42)38-26-30-12-4-5-13-31(30)28-43(38)50;1-2-11-26-23-35-32(22-25(26)10-1)28-16-7-12-24-13-8-20-34(37(24)28)43(35)40-41-33-19-5-3-15-30(33)38(42-40)31-18-9-17-29-27-14-4-6-21-36(27)44-39(29)31/h2*1-28H;1-23H. The maximum Gasteiger partial charge on any atom is 0.235 e. The highest BCUT2D eigenvalue weighted by atomic mass is 32.1. The second-order valence-electron chi connectivity index (χ2n) is 37.5. The van der Waals surface area contributed by atoms with Gasteiger partial charge in [0, 0.05) is 119 Å². The number of aromatic nitrogens is 8. The first kappa shape index (κ1) is 80.9. The zero-order valence-corrected chi connectivity index (χ0v) is 78.3. The molecular weight excluding hydrogens is 1770 g/mol. The lowest BCUT2D eigenvalue weighted by atomic mass is 9.89. The third-order valence-corrected chi connectivity index (χ3v) is 30.7. The second kappa shape index (κ2) is 32.2. The van der Waals surface area contributed by atoms with Crippen LogP contribution >= 0.6 is 11.3 Å². The molecule has 32 rings (SSSR count). The Morgan fingerprint density at radius 1 is 0.174 bits per heavy atom. The maximum absolute atomic E-state index is 5.58. The van der Waals surface area contributed by atoms with Gasteiger partial charge >= 0.3 is 0 Å². The van der Waals surface area contributed by atoms with Crippen LogP contribution in [0.1, 0.15) is 0 Å². The molecule has 12 heteroatoms. The fraction of sp³-hybridized carbons (Fsp3) is 0. The monoisotopic (exact) mass is 1850 g/mol. The molecule has 144 heavy (non-hydrogen) atoms. The topological polar surface area (TPSA) is 96.9 Å². The lowest BCUT2D eigenvalue weighted by molar-refractivity contribution is 1.11. The van der Waals surface area contributed by atoms with E-state index in [1.807, 2.05) is 11.3 Å². The summed E-state index contributed by atoms with van der Waals surface area (Å²) in [4.78, 5) is 39.3. The molecule has 0 unspecified atom stereocenters. The minimum absolute atomic E-state index is 0.654. The molecule has 23 aromatic carbocycles. The van der Waals surface area contributed by atoms with Crippen molar-refractivity contribution in [2.45, 2.75) is 0 Å². The van der Waals surface area contributed by atoms with Crippen molar-refractivity contribution < 1.29 is 0 Å². The summed E-state index contributed by atoms with van der Waals surface area (Å²) in [5.74, 6) is 1.99. The molecule has 0 saturated heterocycles. The lowest BCUT2D eigenvalue weighted by Gasteiger charge is -2.32. The van der Waals surface area contributed by atoms with E-state index in [1.165, 1.54) is 156 Å². The van der Waals surface area contributed by atoms with Crippen LogP contribution in [0.25, 0.3) is 240 Å². The van der Waals surface area contributed by atoms with E-state index in [9.17, 15) is 0 Å². The van der Waals surface area contributed by atoms with Crippen molar-refractivity contribution in [3.05, 3.63) is 479 Å². The van der Waals surface area contributed by atoms with Crippen molar-refractivity contribution in [3.63, 3.8) is 0 Å². The first-order chi connectivity index (χ1) is 71.4. The first-order valence-corrected chi connectivity index (χ1v) is 49.7. The van der Waals surface area contributed by atoms with Gasteiger partial charge in [0.05, 0.1) is 89.8 Å². The van der Waals surface area contributed by atoms with Crippen LogP contribution in [0, 0.1) is 0 Å². The summed E-state index contributed by atoms with van der Waals surface area (Å²) in [5, 5.41) is 24.9. The van der Waals surface area contributed by atoms with Crippen LogP contribution in [0.2, 0.25) is 0 Å². The van der Waals surface area contributed by atoms with E-state index in [-0.39, 0.29) is 0 Å². The number of anilines is 9. The fourth-order valence-electron chi connectivity index (χ4n) is 23.2. The van der Waals surface area contributed by atoms with Gasteiger partial charge in [-0.25, -0.2) is 29.9 Å². The first-order valence-electron chi connectivity index (χ1n) is 48.9. The molecule has 668 valence electrons. The Morgan fingerprint density at radius 2 is 0.500 bits per heavy atom. The summed E-state index contributed by atoms with van der Waals surface area (Å²) in [6, 6.07) is 171. The van der Waals surface area contributed by atoms with Gasteiger partial charge in [-0.05, 0) is 199 Å². The molecule has 9 heterocycles. The van der Waals surface area contributed by atoms with Crippen molar-refractivity contribution in [1.82, 2.24) is 39.0 Å². The molecule has 0 bridgehead atoms. The van der Waals surface area contributed by atoms with Crippen LogP contribution in [-0.2, 0) is 0 Å². The number of para-hydroxylation sites is 7. The molecule has 0 atom stereocenters. The molecule has 0 radical (unpaired) electrons. The Balaban J connectivity index is 0.000000101. The molecule has 0 spiro atoms. The Labute approximate surface area is 829 Å². The average Bonchev–Trinajstić information content (AvgIpc) is 1.31. The van der Waals surface area contributed by atoms with Gasteiger partial charge in [0.2, 0.25) is 17.8 Å². The van der Waals surface area contributed by atoms with Crippen molar-refractivity contribution in [2.24, 2.45) is 0 Å². The number of thiophene rings is 1. The lowest BCUT2D eigenvalue weighted by Crippen LogP contribution is -2.18. The Kier molecular flexibility index (Phi) is 18.1. The number of rotatable bonds is 8. The van der Waals surface area contributed by atoms with Gasteiger partial charge < -0.3 is 9.13 Å². The van der Waals surface area contributed by atoms with Crippen LogP contribution in [0.15, 0.2) is 479 Å². The van der Waals surface area contributed by atoms with Crippen molar-refractivity contribution in [3.8, 4) is 78.5 Å². The summed E-state index contributed by atoms with van der Waals surface area (Å²) in [7, 11) is 0. The van der Waals surface area contributed by atoms with E-state index in [0.29, 0.717) is 17.8 Å². The minimum Gasteiger partial charge on any atom is -0.309 e. The van der Waals surface area contributed by atoms with E-state index in [2.05, 4.69) is 503 Å². The molecule has 3 aliphatic rings. The third kappa shape index (κ3) is 12.6. The van der Waals surface area contributed by atoms with Crippen molar-refractivity contribution >= 4 is 224 Å². The summed E-state index contributed by atoms with van der Waals surface area (Å²) in [6.45, 7) is 0. The Bertz CT molecular complexity index is 10500. The molecule has 0 N–H and O–H groups in total. The van der Waals surface area contributed by atoms with Crippen LogP contribution in [0.3, 0.4) is 0 Å². The minimum atomic E-state index is 0.654. The molecule has 6 aromatic heterocycles. The van der Waals surface area contributed by atoms with Crippen molar-refractivity contribution in [2.75, 3.05) is 14.7 Å². The number of hydrogen-bond acceptors (Lipinski definition) is 10. The Hall–Kier alpha value is -19.1. The van der Waals surface area contributed by atoms with Crippen LogP contribution in [0.4, 0.5) is 52.0 Å². The summed E-state index contributed by atoms with van der Waals surface area (Å²) < 4.78 is 7.25. The quantitative estimate of drug-likeness (QED) is 0.147. The SMILES string of the molecule is c1ccc(-n2c3ccccc3c3c(-c4nc(N5c6cc7ccccc7cc6-c6cccc7cccc5c67)nc5ccccc45)cccc32)cc1.c1ccc(-n2c3ccccc3c3cc(-c4nc(N5c6cc7ccccc7cc6-c6cccc7cccc5c67)nc5ccccc45)ccc32)cc1.c1ccc2cc3c(cc2c1)-c1cccc2cccc(c12)N3c1nc(-c2cccc3c2sc2ccccc23)c2ccccc2n1. The number of fused-ring (bicyclic) bond motifs is 21. The third-order valence-electron chi connectivity index (χ3n) is 29.5. The summed E-state index contributed by atoms with van der Waals surface area (Å²) >= 11 is 1.84. The molecule has 3 aliphatic heterocycles. The maximum atomic E-state index is 5.58. The zero-order valence-electron chi connectivity index (χ0n) is 77.4. The highest BCUT2D eigenvalue weighted by Crippen LogP contribution is 2.58. The molecule has 0 amide bonds. The highest BCUT2D eigenvalue weighted by Gasteiger charge is 2.35. The zero-order chi connectivity index (χ0) is 94.3. The van der Waals surface area contributed by atoms with Gasteiger partial charge in [-0.3, -0.25) is 14.7 Å². The van der Waals surface area contributed by atoms with E-state index in [1.54, 1.807) is 0 Å². The molecule has 29 aromatic rings. The van der Waals surface area contributed by atoms with Gasteiger partial charge in [-0.2, -0.15) is 0 Å². The Morgan fingerprint density at radius 3 is 0.986 bits per heavy atom. The largest absolute Gasteiger partial charge is 0.309 e. The fourth-order valence-corrected chi connectivity index (χ4v) is 24.4. The molecular formula is C132H79N11S. The van der Waals surface area contributed by atoms with Gasteiger partial charge in [-0.1, -0.05) is 346 Å². The van der Waals surface area contributed by atoms with Crippen molar-refractivity contribution in [1.29, 1.82) is 0 Å². The number of benzene rings is 23. The molecule has 0 fully saturated rings. The van der Waals surface area contributed by atoms with E-state index in [4.69, 9.17) is 29.9 Å². The normalized spacial score (nSPS) is 12.4. The summed E-state index contributed by atoms with van der Waals surface area (Å²) in [5.41, 5.74) is 29.5. The van der Waals surface area contributed by atoms with Gasteiger partial charge in [0.15, 0.2) is 0 Å². The molecule has 11 nitrogen and oxygen atoms in total. The van der Waals surface area contributed by atoms with Crippen LogP contribution in [0.5, 0.6) is 0 Å². The highest BCUT2D eigenvalue weighted by molar-refractivity contribution is 7.26. The van der Waals surface area contributed by atoms with Crippen LogP contribution < -0.4 is 14.7 Å². The van der Waals surface area contributed by atoms with Gasteiger partial charge in [0.25, 0.3) is 0 Å². The predicted molar refractivity (Wildman–Crippen MR) is 603 cm³/mol. The molecule has 0 aliphatic carbocycles. The number of nitrogens with zero attached hydrogens (tertiary/aromatic N) is 11.